The number of benzene rings is 7. The number of hydrogen-bond donors (Lipinski definition) is 0. The molecule has 5 heteroatoms. The predicted octanol–water partition coefficient (Wildman–Crippen LogP) is 14.5. The van der Waals surface area contributed by atoms with Crippen molar-refractivity contribution in [2.24, 2.45) is 0 Å². The summed E-state index contributed by atoms with van der Waals surface area (Å²) in [5, 5.41) is 0.278. The normalized spacial score (nSPS) is 14.6. The molecule has 10 aromatic rings. The summed E-state index contributed by atoms with van der Waals surface area (Å²) < 4.78 is 110. The number of nitrogens with zero attached hydrogens (tertiary/aromatic N) is 4. The van der Waals surface area contributed by atoms with Crippen LogP contribution in [0.3, 0.4) is 0 Å². The molecule has 7 aromatic carbocycles. The standard InChI is InChI=1S/C58H52N4O/c1-8-39-30-31-59-55(32-39)62-51-25-13-12-22-49(51)50-29-28-46(37-54(50)62)63-45-21-16-20-44(36-45)60-38-61(53-27-15-14-26-52(53)60)56-47(40-18-10-9-11-19-40)23-17-24-48(56)41-33-42(57(2,3)4)35-43(34-41)58(5,6)7/h9-37H,8H2,1-7H3/i9D,10D,11D,12D,13D,18D,19D,22D,25D,28D,29D. The lowest BCUT2D eigenvalue weighted by molar-refractivity contribution is -0.571. The number of rotatable bonds is 8. The summed E-state index contributed by atoms with van der Waals surface area (Å²) in [6, 6.07) is 28.2. The van der Waals surface area contributed by atoms with Gasteiger partial charge in [-0.2, -0.15) is 0 Å². The monoisotopic (exact) mass is 831 g/mol. The van der Waals surface area contributed by atoms with Crippen LogP contribution in [0.1, 0.15) is 80.2 Å². The summed E-state index contributed by atoms with van der Waals surface area (Å²) in [6.07, 6.45) is 5.91. The number of ether oxygens (including phenoxy) is 1. The summed E-state index contributed by atoms with van der Waals surface area (Å²) in [4.78, 5) is 4.61. The van der Waals surface area contributed by atoms with Gasteiger partial charge in [-0.1, -0.05) is 164 Å². The third kappa shape index (κ3) is 7.38. The summed E-state index contributed by atoms with van der Waals surface area (Å²) in [5.74, 6) is 0.696. The highest BCUT2D eigenvalue weighted by atomic mass is 16.5. The van der Waals surface area contributed by atoms with Gasteiger partial charge in [0.05, 0.1) is 48.5 Å². The fraction of sp³-hybridized carbons (Fsp3) is 0.172. The second-order valence-corrected chi connectivity index (χ2v) is 17.8. The van der Waals surface area contributed by atoms with E-state index in [2.05, 4.69) is 71.1 Å². The number of fused-ring (bicyclic) bond motifs is 4. The molecule has 0 amide bonds. The van der Waals surface area contributed by atoms with E-state index in [1.807, 2.05) is 70.7 Å². The fourth-order valence-corrected chi connectivity index (χ4v) is 8.14. The predicted molar refractivity (Wildman–Crippen MR) is 260 cm³/mol. The first-order valence-electron chi connectivity index (χ1n) is 26.6. The molecule has 0 saturated heterocycles. The molecule has 3 aromatic heterocycles. The smallest absolute Gasteiger partial charge is 0.269 e. The topological polar surface area (TPSA) is 35.9 Å². The lowest BCUT2D eigenvalue weighted by Crippen LogP contribution is -2.31. The van der Waals surface area contributed by atoms with Crippen LogP contribution in [0.25, 0.3) is 72.3 Å². The van der Waals surface area contributed by atoms with Crippen LogP contribution in [0.15, 0.2) is 176 Å². The van der Waals surface area contributed by atoms with E-state index in [0.29, 0.717) is 51.5 Å². The van der Waals surface area contributed by atoms with Crippen LogP contribution in [0.4, 0.5) is 0 Å². The third-order valence-corrected chi connectivity index (χ3v) is 11.5. The number of hydrogen-bond acceptors (Lipinski definition) is 2. The third-order valence-electron chi connectivity index (χ3n) is 11.5. The Bertz CT molecular complexity index is 3920. The number of para-hydroxylation sites is 4. The van der Waals surface area contributed by atoms with Gasteiger partial charge in [0.1, 0.15) is 17.3 Å². The molecule has 0 aliphatic rings. The van der Waals surface area contributed by atoms with Crippen LogP contribution in [0.5, 0.6) is 11.5 Å². The van der Waals surface area contributed by atoms with Gasteiger partial charge in [-0.3, -0.25) is 13.7 Å². The zero-order valence-corrected chi connectivity index (χ0v) is 36.3. The minimum absolute atomic E-state index is 0.00585. The van der Waals surface area contributed by atoms with Crippen LogP contribution >= 0.6 is 0 Å². The molecule has 0 radical (unpaired) electrons. The van der Waals surface area contributed by atoms with E-state index < -0.39 is 30.2 Å². The number of pyridine rings is 1. The van der Waals surface area contributed by atoms with E-state index in [-0.39, 0.29) is 74.7 Å². The highest BCUT2D eigenvalue weighted by Crippen LogP contribution is 2.40. The minimum atomic E-state index is -0.487. The number of aryl methyl sites for hydroxylation is 1. The molecule has 310 valence electrons. The number of aromatic nitrogens is 4. The van der Waals surface area contributed by atoms with Gasteiger partial charge in [-0.15, -0.1) is 0 Å². The zero-order valence-electron chi connectivity index (χ0n) is 47.3. The second kappa shape index (κ2) is 15.6. The van der Waals surface area contributed by atoms with Crippen LogP contribution in [0.2, 0.25) is 0 Å². The first-order valence-corrected chi connectivity index (χ1v) is 21.1. The van der Waals surface area contributed by atoms with E-state index in [1.165, 1.54) is 0 Å². The van der Waals surface area contributed by atoms with E-state index in [1.54, 1.807) is 41.1 Å². The lowest BCUT2D eigenvalue weighted by atomic mass is 9.78. The van der Waals surface area contributed by atoms with Crippen molar-refractivity contribution in [3.05, 3.63) is 199 Å². The molecule has 0 aliphatic heterocycles. The Kier molecular flexibility index (Phi) is 7.21. The second-order valence-electron chi connectivity index (χ2n) is 17.8. The average Bonchev–Trinajstić information content (AvgIpc) is 3.94. The van der Waals surface area contributed by atoms with Gasteiger partial charge in [0.15, 0.2) is 0 Å². The zero-order chi connectivity index (χ0) is 53.0. The summed E-state index contributed by atoms with van der Waals surface area (Å²) >= 11 is 0. The maximum absolute atomic E-state index is 9.36. The quantitative estimate of drug-likeness (QED) is 0.113. The van der Waals surface area contributed by atoms with Gasteiger partial charge >= 0.3 is 0 Å². The lowest BCUT2D eigenvalue weighted by Gasteiger charge is -2.27. The molecule has 10 rings (SSSR count). The summed E-state index contributed by atoms with van der Waals surface area (Å²) in [5.41, 5.74) is 7.78. The molecular weight excluding hydrogens is 769 g/mol. The van der Waals surface area contributed by atoms with E-state index in [4.69, 9.17) is 14.3 Å². The molecule has 0 bridgehead atoms. The van der Waals surface area contributed by atoms with Crippen molar-refractivity contribution in [2.75, 3.05) is 0 Å². The van der Waals surface area contributed by atoms with Gasteiger partial charge in [0.2, 0.25) is 0 Å². The van der Waals surface area contributed by atoms with Crippen LogP contribution < -0.4 is 9.30 Å². The van der Waals surface area contributed by atoms with E-state index >= 15 is 0 Å². The Morgan fingerprint density at radius 3 is 2.08 bits per heavy atom. The maximum Gasteiger partial charge on any atom is 0.269 e. The summed E-state index contributed by atoms with van der Waals surface area (Å²) in [7, 11) is 0. The molecule has 0 fully saturated rings. The molecule has 0 atom stereocenters. The van der Waals surface area contributed by atoms with Crippen LogP contribution in [-0.4, -0.2) is 14.1 Å². The van der Waals surface area contributed by atoms with Crippen molar-refractivity contribution < 1.29 is 24.4 Å². The molecule has 0 unspecified atom stereocenters. The number of imidazole rings is 1. The average molecular weight is 832 g/mol. The Labute approximate surface area is 386 Å². The maximum atomic E-state index is 9.36. The van der Waals surface area contributed by atoms with Crippen molar-refractivity contribution in [2.45, 2.75) is 65.7 Å². The largest absolute Gasteiger partial charge is 0.458 e. The molecule has 5 nitrogen and oxygen atoms in total. The van der Waals surface area contributed by atoms with Gasteiger partial charge in [-0.05, 0) is 105 Å². The Balaban J connectivity index is 1.19. The van der Waals surface area contributed by atoms with Crippen molar-refractivity contribution in [3.63, 3.8) is 0 Å². The van der Waals surface area contributed by atoms with Gasteiger partial charge in [0.25, 0.3) is 6.33 Å². The Hall–Kier alpha value is -7.24. The minimum Gasteiger partial charge on any atom is -0.458 e. The Morgan fingerprint density at radius 1 is 0.619 bits per heavy atom. The van der Waals surface area contributed by atoms with Crippen LogP contribution in [0, 0.1) is 6.33 Å². The highest BCUT2D eigenvalue weighted by Gasteiger charge is 2.25. The van der Waals surface area contributed by atoms with E-state index in [9.17, 15) is 5.48 Å². The molecular formula is C58H52N4O. The molecule has 0 aliphatic carbocycles. The SMILES string of the molecule is [2H]c1c([2H])c([2H])c(-c2cccc(-c3cc(C(C)(C)C)cc(C(C)(C)C)c3)c2-[n+]2[c-]n(-c3cccc(Oc4cc5c(c([2H])c4[2H])c4c([2H])c([2H])c([2H])c([2H])c4n5-c4cc(CC)ccn4)c3)c3ccccc32)c([2H])c1[2H]. The Morgan fingerprint density at radius 2 is 1.32 bits per heavy atom. The van der Waals surface area contributed by atoms with E-state index in [0.717, 1.165) is 27.8 Å². The molecule has 0 N–H and O–H groups in total. The first-order chi connectivity index (χ1) is 35.0. The van der Waals surface area contributed by atoms with Crippen molar-refractivity contribution in [3.8, 4) is 50.9 Å². The molecule has 3 heterocycles. The molecule has 0 spiro atoms. The van der Waals surface area contributed by atoms with Crippen molar-refractivity contribution >= 4 is 32.8 Å². The van der Waals surface area contributed by atoms with Gasteiger partial charge < -0.3 is 4.74 Å². The van der Waals surface area contributed by atoms with Gasteiger partial charge in [0, 0.05) is 23.0 Å². The van der Waals surface area contributed by atoms with Crippen LogP contribution in [-0.2, 0) is 17.3 Å². The van der Waals surface area contributed by atoms with Crippen molar-refractivity contribution in [1.82, 2.24) is 14.1 Å². The summed E-state index contributed by atoms with van der Waals surface area (Å²) in [6.45, 7) is 15.0. The van der Waals surface area contributed by atoms with Gasteiger partial charge in [-0.25, -0.2) is 4.98 Å². The fourth-order valence-electron chi connectivity index (χ4n) is 8.14. The highest BCUT2D eigenvalue weighted by molar-refractivity contribution is 6.09. The van der Waals surface area contributed by atoms with Crippen molar-refractivity contribution in [1.29, 1.82) is 0 Å². The first kappa shape index (κ1) is 29.1. The molecule has 0 saturated carbocycles. The molecule has 63 heavy (non-hydrogen) atoms.